The van der Waals surface area contributed by atoms with Gasteiger partial charge >= 0.3 is 0 Å². The van der Waals surface area contributed by atoms with Crippen LogP contribution in [0.3, 0.4) is 0 Å². The van der Waals surface area contributed by atoms with Crippen LogP contribution in [0, 0.1) is 0 Å². The van der Waals surface area contributed by atoms with Gasteiger partial charge in [0.25, 0.3) is 0 Å². The summed E-state index contributed by atoms with van der Waals surface area (Å²) in [6.45, 7) is 0.653. The maximum Gasteiger partial charge on any atom is 0.118 e. The van der Waals surface area contributed by atoms with Crippen LogP contribution in [0.5, 0.6) is 0 Å². The Balaban J connectivity index is 2.50. The lowest BCUT2D eigenvalue weighted by Crippen LogP contribution is -2.18. The average Bonchev–Trinajstić information content (AvgIpc) is 2.38. The van der Waals surface area contributed by atoms with Crippen LogP contribution in [0.1, 0.15) is 0 Å². The molecule has 2 nitrogen and oxygen atoms in total. The number of methoxy groups -OCH3 is 1. The molecule has 0 aliphatic carbocycles. The van der Waals surface area contributed by atoms with Crippen LogP contribution in [-0.4, -0.2) is 20.9 Å². The smallest absolute Gasteiger partial charge is 0.118 e. The summed E-state index contributed by atoms with van der Waals surface area (Å²) in [5.74, 6) is 0. The quantitative estimate of drug-likeness (QED) is 0.620. The number of hydrogen-bond donors (Lipinski definition) is 0. The van der Waals surface area contributed by atoms with E-state index in [1.807, 2.05) is 13.1 Å². The highest BCUT2D eigenvalue weighted by Crippen LogP contribution is 2.18. The molecule has 0 unspecified atom stereocenters. The van der Waals surface area contributed by atoms with Crippen molar-refractivity contribution in [2.45, 2.75) is 0 Å². The maximum absolute atomic E-state index is 4.96. The summed E-state index contributed by atoms with van der Waals surface area (Å²) in [6.07, 6.45) is 0. The molecule has 0 aromatic carbocycles. The molecule has 0 saturated carbocycles. The number of rotatable bonds is 3. The highest BCUT2D eigenvalue weighted by atomic mass is 32.1. The molecule has 56 valence electrons. The fraction of sp³-hybridized carbons (Fsp3) is 0.429. The molecule has 0 fully saturated rings. The van der Waals surface area contributed by atoms with Crippen LogP contribution >= 0.6 is 11.3 Å². The first-order valence-electron chi connectivity index (χ1n) is 3.08. The lowest BCUT2D eigenvalue weighted by atomic mass is 10.6. The van der Waals surface area contributed by atoms with Crippen LogP contribution in [-0.2, 0) is 4.74 Å². The Labute approximate surface area is 65.0 Å². The van der Waals surface area contributed by atoms with Crippen molar-refractivity contribution in [3.8, 4) is 0 Å². The van der Waals surface area contributed by atoms with Crippen molar-refractivity contribution in [3.63, 3.8) is 0 Å². The number of thiophene rings is 1. The van der Waals surface area contributed by atoms with E-state index in [9.17, 15) is 0 Å². The van der Waals surface area contributed by atoms with Crippen LogP contribution in [0.4, 0.5) is 5.00 Å². The Hall–Kier alpha value is -0.540. The van der Waals surface area contributed by atoms with Gasteiger partial charge < -0.3 is 9.64 Å². The van der Waals surface area contributed by atoms with Gasteiger partial charge in [-0.15, -0.1) is 11.3 Å². The first kappa shape index (κ1) is 7.57. The molecule has 1 aromatic heterocycles. The molecule has 0 aliphatic rings. The van der Waals surface area contributed by atoms with Crippen molar-refractivity contribution in [2.75, 3.05) is 25.8 Å². The average molecular weight is 157 g/mol. The minimum Gasteiger partial charge on any atom is -0.364 e. The summed E-state index contributed by atoms with van der Waals surface area (Å²) in [5.41, 5.74) is 0. The van der Waals surface area contributed by atoms with Crippen molar-refractivity contribution in [1.29, 1.82) is 0 Å². The van der Waals surface area contributed by atoms with E-state index in [-0.39, 0.29) is 0 Å². The third kappa shape index (κ3) is 1.72. The van der Waals surface area contributed by atoms with E-state index < -0.39 is 0 Å². The molecule has 0 saturated heterocycles. The monoisotopic (exact) mass is 157 g/mol. The van der Waals surface area contributed by atoms with E-state index in [2.05, 4.69) is 16.3 Å². The van der Waals surface area contributed by atoms with Gasteiger partial charge in [0.15, 0.2) is 0 Å². The summed E-state index contributed by atoms with van der Waals surface area (Å²) in [5, 5.41) is 3.29. The summed E-state index contributed by atoms with van der Waals surface area (Å²) >= 11 is 1.72. The number of hydrogen-bond acceptors (Lipinski definition) is 3. The zero-order valence-corrected chi connectivity index (χ0v) is 7.02. The van der Waals surface area contributed by atoms with Gasteiger partial charge in [-0.1, -0.05) is 0 Å². The zero-order chi connectivity index (χ0) is 7.40. The summed E-state index contributed by atoms with van der Waals surface area (Å²) in [4.78, 5) is 2.06. The van der Waals surface area contributed by atoms with Gasteiger partial charge in [-0.05, 0) is 17.5 Å². The predicted molar refractivity (Wildman–Crippen MR) is 44.6 cm³/mol. The molecule has 0 bridgehead atoms. The van der Waals surface area contributed by atoms with E-state index in [4.69, 9.17) is 4.74 Å². The summed E-state index contributed by atoms with van der Waals surface area (Å²) in [6, 6.07) is 4.11. The van der Waals surface area contributed by atoms with E-state index >= 15 is 0 Å². The fourth-order valence-corrected chi connectivity index (χ4v) is 1.43. The Kier molecular flexibility index (Phi) is 2.71. The molecular weight excluding hydrogens is 146 g/mol. The number of anilines is 1. The first-order valence-corrected chi connectivity index (χ1v) is 3.96. The normalized spacial score (nSPS) is 9.80. The second kappa shape index (κ2) is 3.58. The van der Waals surface area contributed by atoms with Gasteiger partial charge in [-0.2, -0.15) is 0 Å². The number of nitrogens with zero attached hydrogens (tertiary/aromatic N) is 1. The molecule has 10 heavy (non-hydrogen) atoms. The fourth-order valence-electron chi connectivity index (χ4n) is 0.744. The van der Waals surface area contributed by atoms with Gasteiger partial charge in [0, 0.05) is 14.2 Å². The molecule has 0 atom stereocenters. The van der Waals surface area contributed by atoms with Gasteiger partial charge in [0.05, 0.1) is 5.00 Å². The van der Waals surface area contributed by atoms with E-state index in [0.717, 1.165) is 0 Å². The Morgan fingerprint density at radius 1 is 1.70 bits per heavy atom. The highest BCUT2D eigenvalue weighted by molar-refractivity contribution is 7.14. The molecular formula is C7H11NOS. The van der Waals surface area contributed by atoms with E-state index in [1.54, 1.807) is 18.4 Å². The van der Waals surface area contributed by atoms with E-state index in [1.165, 1.54) is 5.00 Å². The van der Waals surface area contributed by atoms with Crippen LogP contribution in [0.15, 0.2) is 17.5 Å². The molecule has 1 rings (SSSR count). The van der Waals surface area contributed by atoms with Crippen molar-refractivity contribution in [1.82, 2.24) is 0 Å². The SMILES string of the molecule is COCN(C)c1cccs1. The van der Waals surface area contributed by atoms with Crippen molar-refractivity contribution in [3.05, 3.63) is 17.5 Å². The van der Waals surface area contributed by atoms with Crippen molar-refractivity contribution < 1.29 is 4.74 Å². The predicted octanol–water partition coefficient (Wildman–Crippen LogP) is 1.79. The van der Waals surface area contributed by atoms with Gasteiger partial charge in [0.1, 0.15) is 6.73 Å². The second-order valence-corrected chi connectivity index (χ2v) is 2.99. The molecule has 0 radical (unpaired) electrons. The Morgan fingerprint density at radius 3 is 3.00 bits per heavy atom. The summed E-state index contributed by atoms with van der Waals surface area (Å²) < 4.78 is 4.96. The molecule has 1 heterocycles. The molecule has 1 aromatic rings. The lowest BCUT2D eigenvalue weighted by Gasteiger charge is -2.14. The second-order valence-electron chi connectivity index (χ2n) is 2.07. The standard InChI is InChI=1S/C7H11NOS/c1-8(6-9-2)7-4-3-5-10-7/h3-5H,6H2,1-2H3. The molecule has 0 spiro atoms. The van der Waals surface area contributed by atoms with Crippen LogP contribution in [0.2, 0.25) is 0 Å². The Morgan fingerprint density at radius 2 is 2.50 bits per heavy atom. The van der Waals surface area contributed by atoms with Crippen molar-refractivity contribution in [2.24, 2.45) is 0 Å². The van der Waals surface area contributed by atoms with E-state index in [0.29, 0.717) is 6.73 Å². The molecule has 0 aliphatic heterocycles. The first-order chi connectivity index (χ1) is 4.84. The van der Waals surface area contributed by atoms with Gasteiger partial charge in [-0.3, -0.25) is 0 Å². The molecule has 3 heteroatoms. The van der Waals surface area contributed by atoms with Crippen LogP contribution in [0.25, 0.3) is 0 Å². The summed E-state index contributed by atoms with van der Waals surface area (Å²) in [7, 11) is 3.71. The largest absolute Gasteiger partial charge is 0.364 e. The topological polar surface area (TPSA) is 12.5 Å². The lowest BCUT2D eigenvalue weighted by molar-refractivity contribution is 0.202. The van der Waals surface area contributed by atoms with Gasteiger partial charge in [0.2, 0.25) is 0 Å². The number of ether oxygens (including phenoxy) is 1. The van der Waals surface area contributed by atoms with Crippen LogP contribution < -0.4 is 4.90 Å². The minimum atomic E-state index is 0.653. The third-order valence-corrected chi connectivity index (χ3v) is 2.19. The molecule has 0 amide bonds. The van der Waals surface area contributed by atoms with Crippen molar-refractivity contribution >= 4 is 16.3 Å². The van der Waals surface area contributed by atoms with Gasteiger partial charge in [-0.25, -0.2) is 0 Å². The molecule has 0 N–H and O–H groups in total. The third-order valence-electron chi connectivity index (χ3n) is 1.21. The zero-order valence-electron chi connectivity index (χ0n) is 6.20. The minimum absolute atomic E-state index is 0.653. The Bertz CT molecular complexity index is 174. The highest BCUT2D eigenvalue weighted by Gasteiger charge is 1.97. The maximum atomic E-state index is 4.96.